The lowest BCUT2D eigenvalue weighted by Crippen LogP contribution is -2.31. The van der Waals surface area contributed by atoms with E-state index in [-0.39, 0.29) is 11.5 Å². The first-order valence-corrected chi connectivity index (χ1v) is 8.18. The number of benzene rings is 1. The van der Waals surface area contributed by atoms with E-state index >= 15 is 0 Å². The number of fused-ring (bicyclic) bond motifs is 1. The lowest BCUT2D eigenvalue weighted by atomic mass is 10.0. The molecular formula is C18H21N3O2. The average molecular weight is 311 g/mol. The van der Waals surface area contributed by atoms with Crippen molar-refractivity contribution in [2.45, 2.75) is 45.2 Å². The number of aryl methyl sites for hydroxylation is 1. The second-order valence-corrected chi connectivity index (χ2v) is 6.70. The summed E-state index contributed by atoms with van der Waals surface area (Å²) in [6.07, 6.45) is 5.36. The van der Waals surface area contributed by atoms with Gasteiger partial charge in [-0.3, -0.25) is 4.90 Å². The molecule has 2 aliphatic rings. The molecular weight excluding hydrogens is 290 g/mol. The van der Waals surface area contributed by atoms with E-state index in [4.69, 9.17) is 4.98 Å². The van der Waals surface area contributed by atoms with Crippen molar-refractivity contribution in [1.82, 2.24) is 14.9 Å². The van der Waals surface area contributed by atoms with Crippen molar-refractivity contribution in [1.29, 1.82) is 0 Å². The Balaban J connectivity index is 1.52. The largest absolute Gasteiger partial charge is 0.508 e. The Kier molecular flexibility index (Phi) is 3.45. The Hall–Kier alpha value is -2.14. The minimum atomic E-state index is 0.105. The van der Waals surface area contributed by atoms with Gasteiger partial charge in [0.2, 0.25) is 0 Å². The second kappa shape index (κ2) is 5.49. The highest BCUT2D eigenvalue weighted by Crippen LogP contribution is 2.38. The molecule has 5 heteroatoms. The van der Waals surface area contributed by atoms with Crippen LogP contribution in [0, 0.1) is 6.92 Å². The summed E-state index contributed by atoms with van der Waals surface area (Å²) in [5.41, 5.74) is 4.16. The van der Waals surface area contributed by atoms with Gasteiger partial charge in [0.15, 0.2) is 0 Å². The summed E-state index contributed by atoms with van der Waals surface area (Å²) < 4.78 is 0. The highest BCUT2D eigenvalue weighted by atomic mass is 16.3. The predicted octanol–water partition coefficient (Wildman–Crippen LogP) is 2.63. The van der Waals surface area contributed by atoms with Gasteiger partial charge in [0.05, 0.1) is 0 Å². The van der Waals surface area contributed by atoms with Crippen molar-refractivity contribution >= 4 is 0 Å². The van der Waals surface area contributed by atoms with Crippen molar-refractivity contribution in [3.05, 3.63) is 46.5 Å². The number of phenolic OH excluding ortho intramolecular Hbond substituents is 2. The van der Waals surface area contributed by atoms with E-state index in [1.807, 2.05) is 13.1 Å². The maximum atomic E-state index is 10.1. The molecule has 0 radical (unpaired) electrons. The van der Waals surface area contributed by atoms with E-state index in [9.17, 15) is 10.2 Å². The van der Waals surface area contributed by atoms with Crippen LogP contribution in [0.2, 0.25) is 0 Å². The summed E-state index contributed by atoms with van der Waals surface area (Å²) in [7, 11) is 0. The van der Waals surface area contributed by atoms with Crippen molar-refractivity contribution in [2.24, 2.45) is 0 Å². The number of nitrogens with zero attached hydrogens (tertiary/aromatic N) is 3. The van der Waals surface area contributed by atoms with Crippen LogP contribution >= 0.6 is 0 Å². The molecule has 0 atom stereocenters. The van der Waals surface area contributed by atoms with E-state index in [0.29, 0.717) is 12.5 Å². The molecule has 1 saturated carbocycles. The summed E-state index contributed by atoms with van der Waals surface area (Å²) >= 11 is 0. The normalized spacial score (nSPS) is 18.0. The van der Waals surface area contributed by atoms with Crippen LogP contribution in [0.5, 0.6) is 11.5 Å². The third-order valence-corrected chi connectivity index (χ3v) is 4.79. The zero-order valence-electron chi connectivity index (χ0n) is 13.3. The fourth-order valence-electron chi connectivity index (χ4n) is 3.27. The van der Waals surface area contributed by atoms with Gasteiger partial charge in [0, 0.05) is 61.1 Å². The Morgan fingerprint density at radius 1 is 1.26 bits per heavy atom. The zero-order valence-corrected chi connectivity index (χ0v) is 13.3. The fraction of sp³-hybridized carbons (Fsp3) is 0.444. The standard InChI is InChI=1S/C18H21N3O2/c1-11-6-14(22)7-17(23)15(11)10-21-5-4-16-13(9-21)8-19-18(20-16)12-2-3-12/h6-8,12,22-23H,2-5,9-10H2,1H3. The fourth-order valence-corrected chi connectivity index (χ4v) is 3.27. The Bertz CT molecular complexity index is 733. The van der Waals surface area contributed by atoms with Gasteiger partial charge in [-0.15, -0.1) is 0 Å². The lowest BCUT2D eigenvalue weighted by Gasteiger charge is -2.28. The average Bonchev–Trinajstić information content (AvgIpc) is 3.35. The smallest absolute Gasteiger partial charge is 0.131 e. The summed E-state index contributed by atoms with van der Waals surface area (Å²) in [5, 5.41) is 19.6. The van der Waals surface area contributed by atoms with Crippen LogP contribution in [-0.4, -0.2) is 31.6 Å². The topological polar surface area (TPSA) is 69.5 Å². The number of aromatic nitrogens is 2. The molecule has 4 rings (SSSR count). The maximum absolute atomic E-state index is 10.1. The van der Waals surface area contributed by atoms with Gasteiger partial charge in [-0.25, -0.2) is 9.97 Å². The van der Waals surface area contributed by atoms with Crippen LogP contribution in [0.15, 0.2) is 18.3 Å². The SMILES string of the molecule is Cc1cc(O)cc(O)c1CN1CCc2nc(C3CC3)ncc2C1. The summed E-state index contributed by atoms with van der Waals surface area (Å²) in [4.78, 5) is 11.6. The minimum absolute atomic E-state index is 0.105. The molecule has 2 aromatic rings. The summed E-state index contributed by atoms with van der Waals surface area (Å²) in [5.74, 6) is 1.88. The molecule has 0 saturated heterocycles. The molecule has 5 nitrogen and oxygen atoms in total. The molecule has 2 heterocycles. The number of phenols is 2. The van der Waals surface area contributed by atoms with E-state index in [1.165, 1.54) is 30.2 Å². The van der Waals surface area contributed by atoms with Crippen molar-refractivity contribution in [3.63, 3.8) is 0 Å². The van der Waals surface area contributed by atoms with Crippen LogP contribution < -0.4 is 0 Å². The van der Waals surface area contributed by atoms with Crippen molar-refractivity contribution in [3.8, 4) is 11.5 Å². The second-order valence-electron chi connectivity index (χ2n) is 6.70. The van der Waals surface area contributed by atoms with Crippen molar-refractivity contribution < 1.29 is 10.2 Å². The monoisotopic (exact) mass is 311 g/mol. The number of hydrogen-bond acceptors (Lipinski definition) is 5. The Labute approximate surface area is 135 Å². The Morgan fingerprint density at radius 2 is 2.09 bits per heavy atom. The molecule has 1 aliphatic carbocycles. The molecule has 1 aromatic carbocycles. The molecule has 1 aromatic heterocycles. The molecule has 0 spiro atoms. The zero-order chi connectivity index (χ0) is 16.0. The first kappa shape index (κ1) is 14.5. The van der Waals surface area contributed by atoms with Crippen LogP contribution in [0.3, 0.4) is 0 Å². The van der Waals surface area contributed by atoms with E-state index in [1.54, 1.807) is 6.07 Å². The highest BCUT2D eigenvalue weighted by molar-refractivity contribution is 5.44. The molecule has 0 amide bonds. The highest BCUT2D eigenvalue weighted by Gasteiger charge is 2.28. The van der Waals surface area contributed by atoms with Gasteiger partial charge in [0.25, 0.3) is 0 Å². The number of rotatable bonds is 3. The van der Waals surface area contributed by atoms with Crippen molar-refractivity contribution in [2.75, 3.05) is 6.54 Å². The molecule has 0 unspecified atom stereocenters. The maximum Gasteiger partial charge on any atom is 0.131 e. The molecule has 23 heavy (non-hydrogen) atoms. The molecule has 1 aliphatic heterocycles. The quantitative estimate of drug-likeness (QED) is 0.912. The number of hydrogen-bond donors (Lipinski definition) is 2. The van der Waals surface area contributed by atoms with Crippen LogP contribution in [-0.2, 0) is 19.5 Å². The van der Waals surface area contributed by atoms with Gasteiger partial charge in [-0.05, 0) is 31.4 Å². The summed E-state index contributed by atoms with van der Waals surface area (Å²) in [6, 6.07) is 3.10. The lowest BCUT2D eigenvalue weighted by molar-refractivity contribution is 0.239. The third-order valence-electron chi connectivity index (χ3n) is 4.79. The third kappa shape index (κ3) is 2.88. The van der Waals surface area contributed by atoms with Crippen LogP contribution in [0.4, 0.5) is 0 Å². The van der Waals surface area contributed by atoms with E-state index < -0.39 is 0 Å². The van der Waals surface area contributed by atoms with Gasteiger partial charge in [-0.1, -0.05) is 0 Å². The first-order chi connectivity index (χ1) is 11.1. The molecule has 2 N–H and O–H groups in total. The van der Waals surface area contributed by atoms with Gasteiger partial charge in [0.1, 0.15) is 17.3 Å². The number of aromatic hydroxyl groups is 2. The Morgan fingerprint density at radius 3 is 2.83 bits per heavy atom. The van der Waals surface area contributed by atoms with Crippen LogP contribution in [0.25, 0.3) is 0 Å². The van der Waals surface area contributed by atoms with E-state index in [2.05, 4.69) is 9.88 Å². The summed E-state index contributed by atoms with van der Waals surface area (Å²) in [6.45, 7) is 4.31. The van der Waals surface area contributed by atoms with E-state index in [0.717, 1.165) is 36.5 Å². The minimum Gasteiger partial charge on any atom is -0.508 e. The van der Waals surface area contributed by atoms with Gasteiger partial charge < -0.3 is 10.2 Å². The predicted molar refractivity (Wildman–Crippen MR) is 86.3 cm³/mol. The van der Waals surface area contributed by atoms with Crippen LogP contribution in [0.1, 0.15) is 47.0 Å². The molecule has 120 valence electrons. The molecule has 0 bridgehead atoms. The first-order valence-electron chi connectivity index (χ1n) is 8.18. The van der Waals surface area contributed by atoms with Gasteiger partial charge in [-0.2, -0.15) is 0 Å². The molecule has 1 fully saturated rings. The van der Waals surface area contributed by atoms with Gasteiger partial charge >= 0.3 is 0 Å².